The number of imidazole rings is 1. The van der Waals surface area contributed by atoms with Gasteiger partial charge in [-0.1, -0.05) is 37.3 Å². The number of rotatable bonds is 6. The van der Waals surface area contributed by atoms with Gasteiger partial charge in [-0.3, -0.25) is 0 Å². The molecule has 1 aliphatic heterocycles. The molecular weight excluding hydrogens is 361 g/mol. The highest BCUT2D eigenvalue weighted by atomic mass is 16.7. The number of hydrogen-bond acceptors (Lipinski definition) is 4. The zero-order chi connectivity index (χ0) is 20.6. The second-order valence-corrected chi connectivity index (χ2v) is 8.83. The highest BCUT2D eigenvalue weighted by Gasteiger charge is 2.51. The Hall–Kier alpha value is -2.15. The first kappa shape index (κ1) is 20.1. The summed E-state index contributed by atoms with van der Waals surface area (Å²) in [5.41, 5.74) is 2.56. The van der Waals surface area contributed by atoms with E-state index in [4.69, 9.17) is 9.31 Å². The number of benzene rings is 2. The van der Waals surface area contributed by atoms with Crippen LogP contribution in [-0.4, -0.2) is 34.8 Å². The third-order valence-corrected chi connectivity index (χ3v) is 6.05. The van der Waals surface area contributed by atoms with Gasteiger partial charge in [0.1, 0.15) is 5.82 Å². The van der Waals surface area contributed by atoms with E-state index < -0.39 is 0 Å². The van der Waals surface area contributed by atoms with Gasteiger partial charge in [-0.15, -0.1) is 0 Å². The fraction of sp³-hybridized carbons (Fsp3) is 0.435. The molecule has 0 bridgehead atoms. The van der Waals surface area contributed by atoms with Gasteiger partial charge in [0.25, 0.3) is 0 Å². The van der Waals surface area contributed by atoms with E-state index in [-0.39, 0.29) is 18.3 Å². The van der Waals surface area contributed by atoms with Crippen molar-refractivity contribution in [1.29, 1.82) is 0 Å². The third kappa shape index (κ3) is 3.97. The number of nitrogens with one attached hydrogen (secondary N) is 2. The number of aromatic nitrogens is 2. The highest BCUT2D eigenvalue weighted by molar-refractivity contribution is 6.62. The van der Waals surface area contributed by atoms with E-state index >= 15 is 0 Å². The average Bonchev–Trinajstić information content (AvgIpc) is 3.23. The molecule has 0 spiro atoms. The van der Waals surface area contributed by atoms with Crippen LogP contribution in [0.4, 0.5) is 0 Å². The maximum atomic E-state index is 6.19. The first-order chi connectivity index (χ1) is 13.8. The van der Waals surface area contributed by atoms with Gasteiger partial charge in [0.2, 0.25) is 0 Å². The molecule has 2 N–H and O–H groups in total. The van der Waals surface area contributed by atoms with Crippen molar-refractivity contribution in [3.63, 3.8) is 0 Å². The van der Waals surface area contributed by atoms with Crippen molar-refractivity contribution in [2.24, 2.45) is 0 Å². The number of aromatic amines is 1. The van der Waals surface area contributed by atoms with Crippen LogP contribution in [-0.2, 0) is 15.9 Å². The third-order valence-electron chi connectivity index (χ3n) is 6.05. The van der Waals surface area contributed by atoms with Crippen LogP contribution in [0.2, 0.25) is 0 Å². The molecule has 0 radical (unpaired) electrons. The van der Waals surface area contributed by atoms with Crippen molar-refractivity contribution in [3.05, 3.63) is 48.4 Å². The lowest BCUT2D eigenvalue weighted by molar-refractivity contribution is 0.00578. The summed E-state index contributed by atoms with van der Waals surface area (Å²) >= 11 is 0. The van der Waals surface area contributed by atoms with Crippen LogP contribution in [0.1, 0.15) is 46.9 Å². The summed E-state index contributed by atoms with van der Waals surface area (Å²) in [5, 5.41) is 5.73. The van der Waals surface area contributed by atoms with Crippen LogP contribution in [0, 0.1) is 0 Å². The Balaban J connectivity index is 1.55. The topological polar surface area (TPSA) is 59.2 Å². The Kier molecular flexibility index (Phi) is 5.28. The minimum atomic E-state index is -0.338. The van der Waals surface area contributed by atoms with Gasteiger partial charge < -0.3 is 19.6 Å². The van der Waals surface area contributed by atoms with Gasteiger partial charge in [-0.25, -0.2) is 4.98 Å². The summed E-state index contributed by atoms with van der Waals surface area (Å²) in [7, 11) is -0.338. The van der Waals surface area contributed by atoms with Gasteiger partial charge >= 0.3 is 7.12 Å². The van der Waals surface area contributed by atoms with Crippen LogP contribution in [0.25, 0.3) is 22.0 Å². The molecule has 0 amide bonds. The second-order valence-electron chi connectivity index (χ2n) is 8.83. The van der Waals surface area contributed by atoms with E-state index in [0.29, 0.717) is 0 Å². The smallest absolute Gasteiger partial charge is 0.399 e. The minimum absolute atomic E-state index is 0.333. The summed E-state index contributed by atoms with van der Waals surface area (Å²) in [4.78, 5) is 7.90. The van der Waals surface area contributed by atoms with Crippen LogP contribution >= 0.6 is 0 Å². The van der Waals surface area contributed by atoms with Crippen molar-refractivity contribution < 1.29 is 9.31 Å². The molecule has 0 saturated carbocycles. The standard InChI is InChI=1S/C23H30BN3O2/c1-6-11-25-15-21-26-14-20(27-21)18-8-7-17-13-19(10-9-16(17)12-18)24-28-22(2,3)23(4,5)29-24/h7-10,12-14,25H,6,11,15H2,1-5H3,(H,26,27). The molecule has 1 saturated heterocycles. The van der Waals surface area contributed by atoms with Gasteiger partial charge in [0, 0.05) is 5.56 Å². The lowest BCUT2D eigenvalue weighted by atomic mass is 9.78. The molecule has 1 aliphatic rings. The normalized spacial score (nSPS) is 17.9. The van der Waals surface area contributed by atoms with Crippen LogP contribution in [0.5, 0.6) is 0 Å². The molecule has 0 atom stereocenters. The predicted octanol–water partition coefficient (Wildman–Crippen LogP) is 4.03. The Morgan fingerprint density at radius 1 is 1.00 bits per heavy atom. The van der Waals surface area contributed by atoms with E-state index in [9.17, 15) is 0 Å². The average molecular weight is 391 g/mol. The van der Waals surface area contributed by atoms with Crippen molar-refractivity contribution in [2.45, 2.75) is 58.8 Å². The number of fused-ring (bicyclic) bond motifs is 1. The van der Waals surface area contributed by atoms with Crippen molar-refractivity contribution in [1.82, 2.24) is 15.3 Å². The van der Waals surface area contributed by atoms with Crippen LogP contribution < -0.4 is 10.8 Å². The summed E-state index contributed by atoms with van der Waals surface area (Å²) in [6.45, 7) is 12.2. The van der Waals surface area contributed by atoms with E-state index in [0.717, 1.165) is 42.1 Å². The van der Waals surface area contributed by atoms with E-state index in [1.165, 1.54) is 10.8 Å². The summed E-state index contributed by atoms with van der Waals surface area (Å²) < 4.78 is 12.4. The van der Waals surface area contributed by atoms with Crippen LogP contribution in [0.3, 0.4) is 0 Å². The van der Waals surface area contributed by atoms with E-state index in [2.05, 4.69) is 86.3 Å². The molecule has 0 aliphatic carbocycles. The Morgan fingerprint density at radius 3 is 2.41 bits per heavy atom. The maximum Gasteiger partial charge on any atom is 0.494 e. The Morgan fingerprint density at radius 2 is 1.69 bits per heavy atom. The second kappa shape index (κ2) is 7.60. The highest BCUT2D eigenvalue weighted by Crippen LogP contribution is 2.36. The molecule has 29 heavy (non-hydrogen) atoms. The predicted molar refractivity (Wildman–Crippen MR) is 119 cm³/mol. The zero-order valence-corrected chi connectivity index (χ0v) is 18.0. The maximum absolute atomic E-state index is 6.19. The first-order valence-corrected chi connectivity index (χ1v) is 10.4. The molecule has 152 valence electrons. The Bertz CT molecular complexity index is 996. The molecule has 1 aromatic heterocycles. The number of hydrogen-bond donors (Lipinski definition) is 2. The van der Waals surface area contributed by atoms with Gasteiger partial charge in [-0.2, -0.15) is 0 Å². The summed E-state index contributed by atoms with van der Waals surface area (Å²) in [6.07, 6.45) is 3.02. The lowest BCUT2D eigenvalue weighted by Crippen LogP contribution is -2.41. The fourth-order valence-corrected chi connectivity index (χ4v) is 3.54. The molecule has 1 fully saturated rings. The zero-order valence-electron chi connectivity index (χ0n) is 18.0. The van der Waals surface area contributed by atoms with Crippen molar-refractivity contribution >= 4 is 23.4 Å². The SMILES string of the molecule is CCCNCc1ncc(-c2ccc3cc(B4OC(C)(C)C(C)(C)O4)ccc3c2)[nH]1. The Labute approximate surface area is 173 Å². The molecule has 2 heterocycles. The molecule has 3 aromatic rings. The number of H-pyrrole nitrogens is 1. The molecule has 5 nitrogen and oxygen atoms in total. The quantitative estimate of drug-likeness (QED) is 0.492. The van der Waals surface area contributed by atoms with Gasteiger partial charge in [0.05, 0.1) is 29.6 Å². The molecule has 4 rings (SSSR count). The van der Waals surface area contributed by atoms with Gasteiger partial charge in [-0.05, 0) is 63.0 Å². The molecule has 2 aromatic carbocycles. The van der Waals surface area contributed by atoms with Crippen molar-refractivity contribution in [2.75, 3.05) is 6.54 Å². The summed E-state index contributed by atoms with van der Waals surface area (Å²) in [5.74, 6) is 0.963. The van der Waals surface area contributed by atoms with E-state index in [1.807, 2.05) is 6.20 Å². The monoisotopic (exact) mass is 391 g/mol. The van der Waals surface area contributed by atoms with Crippen LogP contribution in [0.15, 0.2) is 42.6 Å². The molecule has 0 unspecified atom stereocenters. The molecule has 6 heteroatoms. The largest absolute Gasteiger partial charge is 0.494 e. The lowest BCUT2D eigenvalue weighted by Gasteiger charge is -2.32. The minimum Gasteiger partial charge on any atom is -0.399 e. The van der Waals surface area contributed by atoms with Gasteiger partial charge in [0.15, 0.2) is 0 Å². The fourth-order valence-electron chi connectivity index (χ4n) is 3.54. The summed E-state index contributed by atoms with van der Waals surface area (Å²) in [6, 6.07) is 12.9. The van der Waals surface area contributed by atoms with Crippen molar-refractivity contribution in [3.8, 4) is 11.3 Å². The molecular formula is C23H30BN3O2. The number of nitrogens with zero attached hydrogens (tertiary/aromatic N) is 1. The van der Waals surface area contributed by atoms with E-state index in [1.54, 1.807) is 0 Å². The first-order valence-electron chi connectivity index (χ1n) is 10.4.